The maximum Gasteiger partial charge on any atom is 0.257 e. The van der Waals surface area contributed by atoms with E-state index in [4.69, 9.17) is 9.47 Å². The number of H-pyrrole nitrogens is 1. The summed E-state index contributed by atoms with van der Waals surface area (Å²) in [5, 5.41) is 7.18. The van der Waals surface area contributed by atoms with Crippen molar-refractivity contribution in [2.75, 3.05) is 26.8 Å². The molecular weight excluding hydrogens is 327 g/mol. The fourth-order valence-electron chi connectivity index (χ4n) is 3.65. The second-order valence-corrected chi connectivity index (χ2v) is 6.36. The molecule has 25 heavy (non-hydrogen) atoms. The molecule has 1 N–H and O–H groups in total. The van der Waals surface area contributed by atoms with Crippen molar-refractivity contribution >= 4 is 5.91 Å². The number of rotatable bonds is 2. The van der Waals surface area contributed by atoms with E-state index >= 15 is 0 Å². The summed E-state index contributed by atoms with van der Waals surface area (Å²) in [6.45, 7) is 1.62. The molecule has 2 aromatic rings. The third-order valence-electron chi connectivity index (χ3n) is 5.05. The van der Waals surface area contributed by atoms with Gasteiger partial charge in [-0.05, 0) is 24.8 Å². The molecule has 0 aromatic carbocycles. The van der Waals surface area contributed by atoms with E-state index in [-0.39, 0.29) is 17.4 Å². The summed E-state index contributed by atoms with van der Waals surface area (Å²) >= 11 is 0. The molecule has 4 rings (SSSR count). The molecule has 0 unspecified atom stereocenters. The topological polar surface area (TPSA) is 80.3 Å². The number of piperidine rings is 1. The molecule has 1 amide bonds. The van der Waals surface area contributed by atoms with E-state index in [0.717, 1.165) is 18.3 Å². The summed E-state index contributed by atoms with van der Waals surface area (Å²) < 4.78 is 25.1. The lowest BCUT2D eigenvalue weighted by Gasteiger charge is -2.43. The molecule has 0 radical (unpaired) electrons. The molecule has 7 nitrogen and oxygen atoms in total. The van der Waals surface area contributed by atoms with E-state index in [1.807, 2.05) is 6.20 Å². The molecule has 8 heteroatoms. The number of carbonyl (C=O) groups excluding carboxylic acids is 1. The molecule has 0 saturated carbocycles. The van der Waals surface area contributed by atoms with Crippen molar-refractivity contribution in [2.45, 2.75) is 24.9 Å². The maximum atomic E-state index is 14.0. The molecule has 2 aliphatic heterocycles. The van der Waals surface area contributed by atoms with Gasteiger partial charge in [-0.1, -0.05) is 0 Å². The number of hydrogen-bond acceptors (Lipinski definition) is 5. The molecule has 4 heterocycles. The monoisotopic (exact) mass is 346 g/mol. The van der Waals surface area contributed by atoms with Gasteiger partial charge < -0.3 is 14.4 Å². The van der Waals surface area contributed by atoms with Gasteiger partial charge in [-0.3, -0.25) is 9.89 Å². The number of ether oxygens (including phenoxy) is 2. The van der Waals surface area contributed by atoms with E-state index in [2.05, 4.69) is 15.2 Å². The Kier molecular flexibility index (Phi) is 3.91. The molecule has 2 aromatic heterocycles. The molecule has 0 bridgehead atoms. The fourth-order valence-corrected chi connectivity index (χ4v) is 3.65. The summed E-state index contributed by atoms with van der Waals surface area (Å²) in [7, 11) is 1.43. The minimum absolute atomic E-state index is 0.0189. The van der Waals surface area contributed by atoms with Crippen molar-refractivity contribution in [3.63, 3.8) is 0 Å². The average Bonchev–Trinajstić information content (AvgIpc) is 3.13. The molecule has 2 aliphatic rings. The average molecular weight is 346 g/mol. The first-order valence-electron chi connectivity index (χ1n) is 8.28. The number of carbonyl (C=O) groups is 1. The van der Waals surface area contributed by atoms with Crippen LogP contribution in [0.25, 0.3) is 0 Å². The van der Waals surface area contributed by atoms with Gasteiger partial charge in [0.25, 0.3) is 5.91 Å². The zero-order valence-electron chi connectivity index (χ0n) is 13.9. The summed E-state index contributed by atoms with van der Waals surface area (Å²) in [4.78, 5) is 18.1. The zero-order chi connectivity index (χ0) is 17.4. The van der Waals surface area contributed by atoms with Crippen molar-refractivity contribution in [1.82, 2.24) is 20.1 Å². The second-order valence-electron chi connectivity index (χ2n) is 6.36. The van der Waals surface area contributed by atoms with Crippen LogP contribution in [0.15, 0.2) is 18.5 Å². The molecular formula is C17H19FN4O3. The van der Waals surface area contributed by atoms with Gasteiger partial charge in [-0.25, -0.2) is 9.37 Å². The smallest absolute Gasteiger partial charge is 0.257 e. The molecule has 0 aliphatic carbocycles. The Labute approximate surface area is 144 Å². The van der Waals surface area contributed by atoms with Gasteiger partial charge in [0.15, 0.2) is 5.82 Å². The van der Waals surface area contributed by atoms with Gasteiger partial charge in [0.1, 0.15) is 5.60 Å². The Balaban J connectivity index is 1.52. The summed E-state index contributed by atoms with van der Waals surface area (Å²) in [6.07, 6.45) is 5.00. The van der Waals surface area contributed by atoms with Crippen LogP contribution in [0, 0.1) is 5.82 Å². The van der Waals surface area contributed by atoms with Crippen molar-refractivity contribution in [3.8, 4) is 5.88 Å². The number of fused-ring (bicyclic) bond motifs is 2. The summed E-state index contributed by atoms with van der Waals surface area (Å²) in [6, 6.07) is 1.34. The molecule has 1 spiro atoms. The number of amides is 1. The molecule has 0 atom stereocenters. The van der Waals surface area contributed by atoms with Crippen LogP contribution in [0.3, 0.4) is 0 Å². The number of nitrogens with zero attached hydrogens (tertiary/aromatic N) is 3. The molecule has 1 fully saturated rings. The molecule has 132 valence electrons. The largest absolute Gasteiger partial charge is 0.481 e. The van der Waals surface area contributed by atoms with Crippen molar-refractivity contribution < 1.29 is 18.7 Å². The normalized spacial score (nSPS) is 18.9. The highest BCUT2D eigenvalue weighted by atomic mass is 19.1. The number of likely N-dealkylation sites (tertiary alicyclic amines) is 1. The number of pyridine rings is 1. The second kappa shape index (κ2) is 6.11. The minimum Gasteiger partial charge on any atom is -0.481 e. The quantitative estimate of drug-likeness (QED) is 0.894. The summed E-state index contributed by atoms with van der Waals surface area (Å²) in [5.41, 5.74) is 1.75. The minimum atomic E-state index is -0.643. The zero-order valence-corrected chi connectivity index (χ0v) is 13.9. The first-order valence-corrected chi connectivity index (χ1v) is 8.28. The van der Waals surface area contributed by atoms with E-state index in [9.17, 15) is 9.18 Å². The van der Waals surface area contributed by atoms with Crippen LogP contribution in [0.2, 0.25) is 0 Å². The van der Waals surface area contributed by atoms with Crippen LogP contribution >= 0.6 is 0 Å². The standard InChI is InChI=1S/C17H19FN4O3/c1-24-14-8-12(13(18)10-19-14)16(23)22-5-3-17(4-6-22)15-11(2-7-25-17)9-20-21-15/h8-10H,2-7H2,1H3,(H,20,21). The first kappa shape index (κ1) is 16.0. The van der Waals surface area contributed by atoms with Gasteiger partial charge in [-0.15, -0.1) is 0 Å². The predicted molar refractivity (Wildman–Crippen MR) is 85.8 cm³/mol. The van der Waals surface area contributed by atoms with Gasteiger partial charge in [0, 0.05) is 19.2 Å². The van der Waals surface area contributed by atoms with Crippen LogP contribution in [-0.4, -0.2) is 52.8 Å². The highest BCUT2D eigenvalue weighted by molar-refractivity contribution is 5.94. The number of aromatic nitrogens is 3. The molecule has 1 saturated heterocycles. The van der Waals surface area contributed by atoms with Gasteiger partial charge in [-0.2, -0.15) is 5.10 Å². The summed E-state index contributed by atoms with van der Waals surface area (Å²) in [5.74, 6) is -0.777. The first-order chi connectivity index (χ1) is 12.1. The van der Waals surface area contributed by atoms with E-state index in [1.165, 1.54) is 18.7 Å². The van der Waals surface area contributed by atoms with Crippen LogP contribution in [0.1, 0.15) is 34.5 Å². The predicted octanol–water partition coefficient (Wildman–Crippen LogP) is 1.66. The Morgan fingerprint density at radius 2 is 2.20 bits per heavy atom. The van der Waals surface area contributed by atoms with Gasteiger partial charge >= 0.3 is 0 Å². The van der Waals surface area contributed by atoms with Crippen LogP contribution in [0.5, 0.6) is 5.88 Å². The van der Waals surface area contributed by atoms with Gasteiger partial charge in [0.05, 0.1) is 37.4 Å². The third kappa shape index (κ3) is 2.66. The lowest BCUT2D eigenvalue weighted by Crippen LogP contribution is -2.48. The Morgan fingerprint density at radius 3 is 2.96 bits per heavy atom. The van der Waals surface area contributed by atoms with Gasteiger partial charge in [0.2, 0.25) is 5.88 Å². The highest BCUT2D eigenvalue weighted by Gasteiger charge is 2.43. The number of aromatic amines is 1. The maximum absolute atomic E-state index is 14.0. The lowest BCUT2D eigenvalue weighted by molar-refractivity contribution is -0.0962. The highest BCUT2D eigenvalue weighted by Crippen LogP contribution is 2.40. The van der Waals surface area contributed by atoms with Crippen LogP contribution < -0.4 is 4.74 Å². The number of halogens is 1. The number of methoxy groups -OCH3 is 1. The van der Waals surface area contributed by atoms with Crippen molar-refractivity contribution in [1.29, 1.82) is 0 Å². The Hall–Kier alpha value is -2.48. The van der Waals surface area contributed by atoms with Crippen molar-refractivity contribution in [2.24, 2.45) is 0 Å². The van der Waals surface area contributed by atoms with Crippen LogP contribution in [0.4, 0.5) is 4.39 Å². The van der Waals surface area contributed by atoms with Crippen molar-refractivity contribution in [3.05, 3.63) is 41.1 Å². The van der Waals surface area contributed by atoms with E-state index < -0.39 is 11.4 Å². The third-order valence-corrected chi connectivity index (χ3v) is 5.05. The number of hydrogen-bond donors (Lipinski definition) is 1. The van der Waals surface area contributed by atoms with E-state index in [1.54, 1.807) is 4.90 Å². The Bertz CT molecular complexity index is 799. The van der Waals surface area contributed by atoms with Crippen LogP contribution in [-0.2, 0) is 16.8 Å². The van der Waals surface area contributed by atoms with E-state index in [0.29, 0.717) is 32.5 Å². The SMILES string of the molecule is COc1cc(C(=O)N2CCC3(CC2)OCCc2cn[nH]c23)c(F)cn1. The number of nitrogens with one attached hydrogen (secondary N) is 1. The lowest BCUT2D eigenvalue weighted by atomic mass is 9.83. The Morgan fingerprint density at radius 1 is 1.40 bits per heavy atom. The fraction of sp³-hybridized carbons (Fsp3) is 0.471.